The molecule has 0 spiro atoms. The molecule has 2 aliphatic rings. The molecule has 122 valence electrons. The van der Waals surface area contributed by atoms with Gasteiger partial charge in [0.05, 0.1) is 20.7 Å². The lowest BCUT2D eigenvalue weighted by molar-refractivity contribution is 0.0977. The molecule has 5 rings (SSSR count). The molecule has 0 saturated carbocycles. The van der Waals surface area contributed by atoms with Crippen LogP contribution in [-0.4, -0.2) is 16.6 Å². The first kappa shape index (κ1) is 15.1. The number of benzene rings is 1. The van der Waals surface area contributed by atoms with Crippen LogP contribution in [0, 0.1) is 0 Å². The minimum absolute atomic E-state index is 0.123. The highest BCUT2D eigenvalue weighted by Crippen LogP contribution is 2.52. The van der Waals surface area contributed by atoms with E-state index in [0.29, 0.717) is 26.6 Å². The van der Waals surface area contributed by atoms with Crippen molar-refractivity contribution in [1.29, 1.82) is 0 Å². The van der Waals surface area contributed by atoms with E-state index >= 15 is 0 Å². The SMILES string of the molecule is O=C1C2=C(C(=O)c3ccccc31)[C@H](c1cccs1)c1sc(=O)[nH]c1S2. The van der Waals surface area contributed by atoms with Crippen LogP contribution in [0.5, 0.6) is 0 Å². The molecule has 3 heterocycles. The monoisotopic (exact) mass is 383 g/mol. The number of H-pyrrole nitrogens is 1. The molecule has 1 atom stereocenters. The van der Waals surface area contributed by atoms with E-state index in [2.05, 4.69) is 4.98 Å². The minimum atomic E-state index is -0.361. The number of allylic oxidation sites excluding steroid dienone is 2. The second-order valence-electron chi connectivity index (χ2n) is 5.71. The summed E-state index contributed by atoms with van der Waals surface area (Å²) in [6, 6.07) is 10.8. The standard InChI is InChI=1S/C18H9NO3S3/c20-13-8-4-1-2-5-9(8)14(21)15-12(13)11(10-6-3-7-23-10)16-17(24-15)19-18(22)25-16/h1-7,11H,(H,19,22)/t11-/m0/s1. The third-order valence-electron chi connectivity index (χ3n) is 4.34. The number of carbonyl (C=O) groups is 2. The van der Waals surface area contributed by atoms with E-state index in [1.807, 2.05) is 17.5 Å². The lowest BCUT2D eigenvalue weighted by Crippen LogP contribution is -2.26. The number of nitrogens with one attached hydrogen (secondary N) is 1. The zero-order chi connectivity index (χ0) is 17.1. The van der Waals surface area contributed by atoms with Crippen LogP contribution in [0.15, 0.2) is 62.1 Å². The number of rotatable bonds is 1. The number of fused-ring (bicyclic) bond motifs is 2. The number of ketones is 2. The van der Waals surface area contributed by atoms with Crippen molar-refractivity contribution in [2.24, 2.45) is 0 Å². The second-order valence-corrected chi connectivity index (χ2v) is 8.72. The quantitative estimate of drug-likeness (QED) is 0.688. The van der Waals surface area contributed by atoms with E-state index in [-0.39, 0.29) is 22.4 Å². The molecule has 0 saturated heterocycles. The van der Waals surface area contributed by atoms with Crippen molar-refractivity contribution < 1.29 is 9.59 Å². The molecule has 3 aromatic rings. The smallest absolute Gasteiger partial charge is 0.305 e. The van der Waals surface area contributed by atoms with Crippen LogP contribution in [0.25, 0.3) is 0 Å². The predicted octanol–water partition coefficient (Wildman–Crippen LogP) is 4.07. The van der Waals surface area contributed by atoms with Crippen molar-refractivity contribution in [2.75, 3.05) is 0 Å². The summed E-state index contributed by atoms with van der Waals surface area (Å²) in [5.74, 6) is -0.628. The molecule has 1 aliphatic carbocycles. The van der Waals surface area contributed by atoms with Gasteiger partial charge in [-0.3, -0.25) is 14.4 Å². The van der Waals surface area contributed by atoms with E-state index in [1.165, 1.54) is 23.1 Å². The highest BCUT2D eigenvalue weighted by Gasteiger charge is 2.43. The summed E-state index contributed by atoms with van der Waals surface area (Å²) in [4.78, 5) is 43.0. The number of aromatic nitrogens is 1. The Bertz CT molecular complexity index is 1130. The highest BCUT2D eigenvalue weighted by atomic mass is 32.2. The molecule has 2 aromatic heterocycles. The lowest BCUT2D eigenvalue weighted by Gasteiger charge is -2.29. The Hall–Kier alpha value is -2.22. The van der Waals surface area contributed by atoms with Gasteiger partial charge in [0, 0.05) is 21.6 Å². The van der Waals surface area contributed by atoms with Crippen LogP contribution in [0.2, 0.25) is 0 Å². The summed E-state index contributed by atoms with van der Waals surface area (Å²) >= 11 is 3.85. The van der Waals surface area contributed by atoms with Crippen LogP contribution in [0.3, 0.4) is 0 Å². The zero-order valence-electron chi connectivity index (χ0n) is 12.6. The van der Waals surface area contributed by atoms with Crippen LogP contribution in [0.1, 0.15) is 36.4 Å². The molecule has 1 aliphatic heterocycles. The number of thiophene rings is 1. The largest absolute Gasteiger partial charge is 0.307 e. The summed E-state index contributed by atoms with van der Waals surface area (Å²) in [6.07, 6.45) is 0. The molecule has 0 amide bonds. The van der Waals surface area contributed by atoms with Gasteiger partial charge in [-0.25, -0.2) is 0 Å². The summed E-state index contributed by atoms with van der Waals surface area (Å²) in [7, 11) is 0. The summed E-state index contributed by atoms with van der Waals surface area (Å²) < 4.78 is 0. The van der Waals surface area contributed by atoms with E-state index < -0.39 is 0 Å². The van der Waals surface area contributed by atoms with Gasteiger partial charge in [-0.05, 0) is 11.4 Å². The third kappa shape index (κ3) is 2.09. The Morgan fingerprint density at radius 1 is 0.920 bits per heavy atom. The Balaban J connectivity index is 1.81. The molecule has 0 radical (unpaired) electrons. The first-order valence-corrected chi connectivity index (χ1v) is 10.0. The predicted molar refractivity (Wildman–Crippen MR) is 99.1 cm³/mol. The summed E-state index contributed by atoms with van der Waals surface area (Å²) in [5, 5.41) is 2.61. The molecule has 0 unspecified atom stereocenters. The van der Waals surface area contributed by atoms with Gasteiger partial charge in [0.2, 0.25) is 5.78 Å². The maximum atomic E-state index is 13.2. The number of hydrogen-bond donors (Lipinski definition) is 1. The van der Waals surface area contributed by atoms with Crippen LogP contribution in [0.4, 0.5) is 0 Å². The molecule has 7 heteroatoms. The highest BCUT2D eigenvalue weighted by molar-refractivity contribution is 8.04. The number of thiazole rings is 1. The molecule has 1 N–H and O–H groups in total. The lowest BCUT2D eigenvalue weighted by atomic mass is 9.82. The van der Waals surface area contributed by atoms with Crippen molar-refractivity contribution >= 4 is 46.0 Å². The maximum Gasteiger partial charge on any atom is 0.305 e. The van der Waals surface area contributed by atoms with Crippen molar-refractivity contribution in [3.05, 3.63) is 82.8 Å². The van der Waals surface area contributed by atoms with Gasteiger partial charge in [0.1, 0.15) is 0 Å². The van der Waals surface area contributed by atoms with Crippen LogP contribution in [-0.2, 0) is 0 Å². The fourth-order valence-electron chi connectivity index (χ4n) is 3.29. The number of hydrogen-bond acceptors (Lipinski definition) is 6. The molecule has 0 fully saturated rings. The van der Waals surface area contributed by atoms with Crippen molar-refractivity contribution in [3.63, 3.8) is 0 Å². The Labute approximate surface area is 154 Å². The van der Waals surface area contributed by atoms with Crippen LogP contribution < -0.4 is 4.87 Å². The van der Waals surface area contributed by atoms with Crippen molar-refractivity contribution in [1.82, 2.24) is 4.98 Å². The van der Waals surface area contributed by atoms with Gasteiger partial charge < -0.3 is 4.98 Å². The van der Waals surface area contributed by atoms with Gasteiger partial charge >= 0.3 is 4.87 Å². The fraction of sp³-hybridized carbons (Fsp3) is 0.0556. The summed E-state index contributed by atoms with van der Waals surface area (Å²) in [6.45, 7) is 0. The fourth-order valence-corrected chi connectivity index (χ4v) is 6.47. The first-order chi connectivity index (χ1) is 12.1. The first-order valence-electron chi connectivity index (χ1n) is 7.52. The van der Waals surface area contributed by atoms with E-state index in [4.69, 9.17) is 0 Å². The van der Waals surface area contributed by atoms with Gasteiger partial charge in [0.25, 0.3) is 0 Å². The Morgan fingerprint density at radius 3 is 2.40 bits per heavy atom. The van der Waals surface area contributed by atoms with E-state index in [0.717, 1.165) is 21.1 Å². The number of carbonyl (C=O) groups excluding carboxylic acids is 2. The molecular weight excluding hydrogens is 374 g/mol. The molecule has 25 heavy (non-hydrogen) atoms. The Morgan fingerprint density at radius 2 is 1.68 bits per heavy atom. The molecule has 0 bridgehead atoms. The Kier molecular flexibility index (Phi) is 3.25. The summed E-state index contributed by atoms with van der Waals surface area (Å²) in [5.41, 5.74) is 1.38. The van der Waals surface area contributed by atoms with Gasteiger partial charge in [0.15, 0.2) is 5.78 Å². The molecular formula is C18H9NO3S3. The van der Waals surface area contributed by atoms with E-state index in [1.54, 1.807) is 24.3 Å². The normalized spacial score (nSPS) is 18.8. The van der Waals surface area contributed by atoms with Crippen molar-refractivity contribution in [2.45, 2.75) is 10.9 Å². The zero-order valence-corrected chi connectivity index (χ0v) is 15.0. The molecule has 1 aromatic carbocycles. The van der Waals surface area contributed by atoms with Crippen LogP contribution >= 0.6 is 34.4 Å². The molecule has 4 nitrogen and oxygen atoms in total. The minimum Gasteiger partial charge on any atom is -0.307 e. The second kappa shape index (κ2) is 5.39. The number of thioether (sulfide) groups is 1. The average Bonchev–Trinajstić information content (AvgIpc) is 3.26. The van der Waals surface area contributed by atoms with Gasteiger partial charge in [-0.2, -0.15) is 0 Å². The third-order valence-corrected chi connectivity index (χ3v) is 7.49. The maximum absolute atomic E-state index is 13.2. The number of Topliss-reactive ketones (excluding diaryl/α,β-unsaturated/α-hetero) is 2. The average molecular weight is 383 g/mol. The topological polar surface area (TPSA) is 67.0 Å². The van der Waals surface area contributed by atoms with Gasteiger partial charge in [-0.15, -0.1) is 11.3 Å². The van der Waals surface area contributed by atoms with Gasteiger partial charge in [-0.1, -0.05) is 53.4 Å². The van der Waals surface area contributed by atoms with E-state index in [9.17, 15) is 14.4 Å². The van der Waals surface area contributed by atoms with Crippen molar-refractivity contribution in [3.8, 4) is 0 Å². The number of aromatic amines is 1.